The molecule has 1 aromatic carbocycles. The predicted octanol–water partition coefficient (Wildman–Crippen LogP) is 3.10. The third kappa shape index (κ3) is 3.55. The Balaban J connectivity index is 1.75. The minimum Gasteiger partial charge on any atom is -0.463 e. The molecule has 2 aromatic heterocycles. The van der Waals surface area contributed by atoms with Gasteiger partial charge in [0.2, 0.25) is 5.91 Å². The van der Waals surface area contributed by atoms with Gasteiger partial charge in [0.05, 0.1) is 12.6 Å². The molecule has 24 heavy (non-hydrogen) atoms. The van der Waals surface area contributed by atoms with Crippen molar-refractivity contribution in [1.29, 1.82) is 0 Å². The molecule has 122 valence electrons. The Kier molecular flexibility index (Phi) is 4.48. The largest absolute Gasteiger partial charge is 0.463 e. The molecule has 2 heterocycles. The first kappa shape index (κ1) is 16.0. The van der Waals surface area contributed by atoms with Gasteiger partial charge >= 0.3 is 0 Å². The summed E-state index contributed by atoms with van der Waals surface area (Å²) in [6, 6.07) is 9.97. The summed E-state index contributed by atoms with van der Waals surface area (Å²) in [5, 5.41) is 3.26. The second kappa shape index (κ2) is 6.72. The first-order valence-corrected chi connectivity index (χ1v) is 7.57. The molecule has 7 heteroatoms. The molecule has 0 atom stereocenters. The molecule has 0 fully saturated rings. The van der Waals surface area contributed by atoms with E-state index >= 15 is 0 Å². The van der Waals surface area contributed by atoms with Gasteiger partial charge in [0, 0.05) is 16.8 Å². The van der Waals surface area contributed by atoms with Gasteiger partial charge in [0.15, 0.2) is 5.76 Å². The van der Waals surface area contributed by atoms with Crippen molar-refractivity contribution in [2.24, 2.45) is 0 Å². The van der Waals surface area contributed by atoms with Gasteiger partial charge in [-0.25, -0.2) is 4.98 Å². The van der Waals surface area contributed by atoms with Crippen LogP contribution in [0.3, 0.4) is 0 Å². The molecule has 1 amide bonds. The van der Waals surface area contributed by atoms with E-state index in [0.29, 0.717) is 22.2 Å². The zero-order valence-electron chi connectivity index (χ0n) is 12.8. The number of halogens is 1. The average molecular weight is 344 g/mol. The normalized spacial score (nSPS) is 10.6. The molecule has 0 radical (unpaired) electrons. The predicted molar refractivity (Wildman–Crippen MR) is 91.0 cm³/mol. The molecule has 0 saturated carbocycles. The van der Waals surface area contributed by atoms with Gasteiger partial charge in [-0.2, -0.15) is 0 Å². The van der Waals surface area contributed by atoms with Crippen molar-refractivity contribution < 1.29 is 9.21 Å². The number of aromatic nitrogens is 2. The van der Waals surface area contributed by atoms with Crippen molar-refractivity contribution in [3.05, 3.63) is 69.9 Å². The van der Waals surface area contributed by atoms with Crippen molar-refractivity contribution in [2.75, 3.05) is 5.32 Å². The molecule has 0 spiro atoms. The van der Waals surface area contributed by atoms with E-state index in [9.17, 15) is 9.59 Å². The Bertz CT molecular complexity index is 933. The van der Waals surface area contributed by atoms with Crippen LogP contribution in [0.2, 0.25) is 5.02 Å². The summed E-state index contributed by atoms with van der Waals surface area (Å²) in [6.45, 7) is 1.72. The SMILES string of the molecule is Cc1ccc(Cl)cc1NC(=O)Cn1cnc(-c2ccco2)cc1=O. The van der Waals surface area contributed by atoms with E-state index in [1.165, 1.54) is 23.2 Å². The smallest absolute Gasteiger partial charge is 0.254 e. The number of carbonyl (C=O) groups is 1. The summed E-state index contributed by atoms with van der Waals surface area (Å²) in [7, 11) is 0. The Morgan fingerprint density at radius 1 is 1.33 bits per heavy atom. The summed E-state index contributed by atoms with van der Waals surface area (Å²) in [5.74, 6) is 0.160. The van der Waals surface area contributed by atoms with E-state index in [1.54, 1.807) is 24.3 Å². The summed E-state index contributed by atoms with van der Waals surface area (Å²) >= 11 is 5.93. The fourth-order valence-electron chi connectivity index (χ4n) is 2.18. The third-order valence-corrected chi connectivity index (χ3v) is 3.68. The number of hydrogen-bond donors (Lipinski definition) is 1. The van der Waals surface area contributed by atoms with E-state index in [2.05, 4.69) is 10.3 Å². The molecule has 3 rings (SSSR count). The molecule has 0 unspecified atom stereocenters. The number of nitrogens with zero attached hydrogens (tertiary/aromatic N) is 2. The van der Waals surface area contributed by atoms with E-state index < -0.39 is 0 Å². The van der Waals surface area contributed by atoms with E-state index in [1.807, 2.05) is 13.0 Å². The van der Waals surface area contributed by atoms with E-state index in [4.69, 9.17) is 16.0 Å². The lowest BCUT2D eigenvalue weighted by atomic mass is 10.2. The Morgan fingerprint density at radius 3 is 2.88 bits per heavy atom. The monoisotopic (exact) mass is 343 g/mol. The van der Waals surface area contributed by atoms with Gasteiger partial charge in [-0.3, -0.25) is 14.2 Å². The number of benzene rings is 1. The zero-order chi connectivity index (χ0) is 17.1. The van der Waals surface area contributed by atoms with Crippen LogP contribution in [-0.4, -0.2) is 15.5 Å². The van der Waals surface area contributed by atoms with E-state index in [0.717, 1.165) is 5.56 Å². The maximum Gasteiger partial charge on any atom is 0.254 e. The number of rotatable bonds is 4. The molecule has 0 aliphatic carbocycles. The Labute approximate surface area is 142 Å². The maximum absolute atomic E-state index is 12.2. The van der Waals surface area contributed by atoms with Crippen LogP contribution >= 0.6 is 11.6 Å². The van der Waals surface area contributed by atoms with Gasteiger partial charge in [0.25, 0.3) is 5.56 Å². The van der Waals surface area contributed by atoms with Gasteiger partial charge in [-0.1, -0.05) is 17.7 Å². The number of amides is 1. The van der Waals surface area contributed by atoms with Crippen LogP contribution in [-0.2, 0) is 11.3 Å². The van der Waals surface area contributed by atoms with Crippen LogP contribution in [0.15, 0.2) is 58.2 Å². The van der Waals surface area contributed by atoms with Crippen molar-refractivity contribution in [3.8, 4) is 11.5 Å². The average Bonchev–Trinajstić information content (AvgIpc) is 3.07. The molecule has 1 N–H and O–H groups in total. The highest BCUT2D eigenvalue weighted by Gasteiger charge is 2.10. The summed E-state index contributed by atoms with van der Waals surface area (Å²) < 4.78 is 6.42. The van der Waals surface area contributed by atoms with Crippen LogP contribution in [0.5, 0.6) is 0 Å². The quantitative estimate of drug-likeness (QED) is 0.789. The summed E-state index contributed by atoms with van der Waals surface area (Å²) in [5.41, 5.74) is 1.58. The van der Waals surface area contributed by atoms with Gasteiger partial charge in [0.1, 0.15) is 12.2 Å². The van der Waals surface area contributed by atoms with Crippen LogP contribution < -0.4 is 10.9 Å². The van der Waals surface area contributed by atoms with Crippen LogP contribution in [0, 0.1) is 6.92 Å². The number of furan rings is 1. The fraction of sp³-hybridized carbons (Fsp3) is 0.118. The second-order valence-electron chi connectivity index (χ2n) is 5.23. The topological polar surface area (TPSA) is 77.1 Å². The second-order valence-corrected chi connectivity index (χ2v) is 5.66. The van der Waals surface area contributed by atoms with Crippen LogP contribution in [0.25, 0.3) is 11.5 Å². The third-order valence-electron chi connectivity index (χ3n) is 3.44. The molecule has 0 aliphatic heterocycles. The standard InChI is InChI=1S/C17H14ClN3O3/c1-11-4-5-12(18)7-13(11)20-16(22)9-21-10-19-14(8-17(21)23)15-3-2-6-24-15/h2-8,10H,9H2,1H3,(H,20,22). The molecule has 6 nitrogen and oxygen atoms in total. The van der Waals surface area contributed by atoms with Crippen molar-refractivity contribution >= 4 is 23.2 Å². The first-order chi connectivity index (χ1) is 11.5. The lowest BCUT2D eigenvalue weighted by molar-refractivity contribution is -0.116. The van der Waals surface area contributed by atoms with Crippen molar-refractivity contribution in [1.82, 2.24) is 9.55 Å². The highest BCUT2D eigenvalue weighted by Crippen LogP contribution is 2.20. The molecule has 0 bridgehead atoms. The maximum atomic E-state index is 12.2. The zero-order valence-corrected chi connectivity index (χ0v) is 13.6. The minimum absolute atomic E-state index is 0.143. The molecule has 0 saturated heterocycles. The van der Waals surface area contributed by atoms with E-state index in [-0.39, 0.29) is 18.0 Å². The van der Waals surface area contributed by atoms with Gasteiger partial charge < -0.3 is 9.73 Å². The highest BCUT2D eigenvalue weighted by atomic mass is 35.5. The van der Waals surface area contributed by atoms with Gasteiger partial charge in [-0.05, 0) is 36.8 Å². The number of carbonyl (C=O) groups excluding carboxylic acids is 1. The van der Waals surface area contributed by atoms with Crippen molar-refractivity contribution in [2.45, 2.75) is 13.5 Å². The lowest BCUT2D eigenvalue weighted by Crippen LogP contribution is -2.27. The summed E-state index contributed by atoms with van der Waals surface area (Å²) in [4.78, 5) is 28.4. The molecular formula is C17H14ClN3O3. The lowest BCUT2D eigenvalue weighted by Gasteiger charge is -2.10. The number of hydrogen-bond acceptors (Lipinski definition) is 4. The van der Waals surface area contributed by atoms with Crippen LogP contribution in [0.4, 0.5) is 5.69 Å². The molecule has 0 aliphatic rings. The summed E-state index contributed by atoms with van der Waals surface area (Å²) in [6.07, 6.45) is 2.83. The first-order valence-electron chi connectivity index (χ1n) is 7.19. The van der Waals surface area contributed by atoms with Crippen molar-refractivity contribution in [3.63, 3.8) is 0 Å². The van der Waals surface area contributed by atoms with Crippen LogP contribution in [0.1, 0.15) is 5.56 Å². The molecular weight excluding hydrogens is 330 g/mol. The number of anilines is 1. The Morgan fingerprint density at radius 2 is 2.17 bits per heavy atom. The fourth-order valence-corrected chi connectivity index (χ4v) is 2.35. The minimum atomic E-state index is -0.339. The number of nitrogens with one attached hydrogen (secondary N) is 1. The van der Waals surface area contributed by atoms with Gasteiger partial charge in [-0.15, -0.1) is 0 Å². The Hall–Kier alpha value is -2.86. The highest BCUT2D eigenvalue weighted by molar-refractivity contribution is 6.31. The number of aryl methyl sites for hydroxylation is 1. The molecule has 3 aromatic rings.